The highest BCUT2D eigenvalue weighted by Crippen LogP contribution is 2.21. The zero-order valence-electron chi connectivity index (χ0n) is 13.9. The van der Waals surface area contributed by atoms with Crippen LogP contribution in [0.4, 0.5) is 5.69 Å². The van der Waals surface area contributed by atoms with Crippen molar-refractivity contribution < 1.29 is 9.53 Å². The number of benzene rings is 1. The number of amides is 1. The Hall–Kier alpha value is -1.71. The molecule has 0 bridgehead atoms. The largest absolute Gasteiger partial charge is 0.494 e. The molecule has 1 aromatic rings. The van der Waals surface area contributed by atoms with Crippen molar-refractivity contribution in [3.63, 3.8) is 0 Å². The lowest BCUT2D eigenvalue weighted by molar-refractivity contribution is -0.129. The van der Waals surface area contributed by atoms with Gasteiger partial charge in [-0.2, -0.15) is 0 Å². The molecular formula is C18H28N2O2. The van der Waals surface area contributed by atoms with E-state index >= 15 is 0 Å². The molecule has 1 aliphatic rings. The number of rotatable bonds is 7. The third-order valence-electron chi connectivity index (χ3n) is 4.19. The first kappa shape index (κ1) is 16.7. The number of piperazine rings is 1. The van der Waals surface area contributed by atoms with Gasteiger partial charge in [0.1, 0.15) is 5.75 Å². The lowest BCUT2D eigenvalue weighted by Crippen LogP contribution is -2.48. The van der Waals surface area contributed by atoms with Crippen LogP contribution in [-0.4, -0.2) is 43.6 Å². The maximum Gasteiger partial charge on any atom is 0.219 e. The van der Waals surface area contributed by atoms with Crippen molar-refractivity contribution in [1.82, 2.24) is 4.90 Å². The third-order valence-corrected chi connectivity index (χ3v) is 4.19. The van der Waals surface area contributed by atoms with Gasteiger partial charge in [-0.25, -0.2) is 0 Å². The van der Waals surface area contributed by atoms with Crippen LogP contribution in [0.15, 0.2) is 24.3 Å². The molecule has 1 aromatic carbocycles. The van der Waals surface area contributed by atoms with E-state index < -0.39 is 0 Å². The van der Waals surface area contributed by atoms with E-state index in [2.05, 4.69) is 24.0 Å². The van der Waals surface area contributed by atoms with Crippen molar-refractivity contribution in [3.05, 3.63) is 24.3 Å². The summed E-state index contributed by atoms with van der Waals surface area (Å²) in [7, 11) is 0. The van der Waals surface area contributed by atoms with E-state index in [1.807, 2.05) is 17.0 Å². The Labute approximate surface area is 134 Å². The van der Waals surface area contributed by atoms with Crippen molar-refractivity contribution in [3.8, 4) is 5.75 Å². The summed E-state index contributed by atoms with van der Waals surface area (Å²) in [5.74, 6) is 1.12. The van der Waals surface area contributed by atoms with Gasteiger partial charge in [0.15, 0.2) is 0 Å². The first-order chi connectivity index (χ1) is 10.7. The second kappa shape index (κ2) is 8.66. The van der Waals surface area contributed by atoms with Gasteiger partial charge in [-0.15, -0.1) is 0 Å². The maximum atomic E-state index is 11.3. The second-order valence-corrected chi connectivity index (χ2v) is 5.90. The summed E-state index contributed by atoms with van der Waals surface area (Å²) in [5.41, 5.74) is 1.21. The van der Waals surface area contributed by atoms with Gasteiger partial charge in [0.25, 0.3) is 0 Å². The fourth-order valence-electron chi connectivity index (χ4n) is 2.75. The minimum Gasteiger partial charge on any atom is -0.494 e. The zero-order valence-corrected chi connectivity index (χ0v) is 13.9. The number of unbranched alkanes of at least 4 members (excludes halogenated alkanes) is 3. The van der Waals surface area contributed by atoms with Crippen LogP contribution in [0.1, 0.15) is 39.5 Å². The minimum atomic E-state index is 0.173. The predicted molar refractivity (Wildman–Crippen MR) is 90.5 cm³/mol. The highest BCUT2D eigenvalue weighted by molar-refractivity contribution is 5.73. The molecule has 1 saturated heterocycles. The minimum absolute atomic E-state index is 0.173. The van der Waals surface area contributed by atoms with Crippen molar-refractivity contribution in [2.75, 3.05) is 37.7 Å². The van der Waals surface area contributed by atoms with Crippen molar-refractivity contribution >= 4 is 11.6 Å². The Balaban J connectivity index is 1.76. The highest BCUT2D eigenvalue weighted by Gasteiger charge is 2.18. The molecule has 1 amide bonds. The monoisotopic (exact) mass is 304 g/mol. The van der Waals surface area contributed by atoms with Gasteiger partial charge < -0.3 is 14.5 Å². The Bertz CT molecular complexity index is 451. The van der Waals surface area contributed by atoms with Crippen LogP contribution >= 0.6 is 0 Å². The number of carbonyl (C=O) groups is 1. The molecule has 0 unspecified atom stereocenters. The van der Waals surface area contributed by atoms with E-state index in [1.165, 1.54) is 24.9 Å². The summed E-state index contributed by atoms with van der Waals surface area (Å²) in [4.78, 5) is 15.6. The highest BCUT2D eigenvalue weighted by atomic mass is 16.5. The summed E-state index contributed by atoms with van der Waals surface area (Å²) in [6, 6.07) is 8.33. The van der Waals surface area contributed by atoms with Crippen molar-refractivity contribution in [2.24, 2.45) is 0 Å². The molecule has 0 aliphatic carbocycles. The smallest absolute Gasteiger partial charge is 0.219 e. The maximum absolute atomic E-state index is 11.3. The van der Waals surface area contributed by atoms with Crippen LogP contribution in [0.25, 0.3) is 0 Å². The van der Waals surface area contributed by atoms with Crippen LogP contribution in [0.5, 0.6) is 5.75 Å². The standard InChI is InChI=1S/C18H28N2O2/c1-3-4-5-6-15-22-18-9-7-17(8-10-18)20-13-11-19(12-14-20)16(2)21/h7-10H,3-6,11-15H2,1-2H3. The van der Waals surface area contributed by atoms with Crippen LogP contribution in [0.2, 0.25) is 0 Å². The number of carbonyl (C=O) groups excluding carboxylic acids is 1. The second-order valence-electron chi connectivity index (χ2n) is 5.90. The Morgan fingerprint density at radius 2 is 1.73 bits per heavy atom. The summed E-state index contributed by atoms with van der Waals surface area (Å²) in [6.07, 6.45) is 4.91. The molecule has 4 heteroatoms. The molecule has 0 radical (unpaired) electrons. The molecule has 0 atom stereocenters. The third kappa shape index (κ3) is 4.93. The van der Waals surface area contributed by atoms with E-state index in [4.69, 9.17) is 4.74 Å². The molecular weight excluding hydrogens is 276 g/mol. The molecule has 4 nitrogen and oxygen atoms in total. The van der Waals surface area contributed by atoms with Crippen LogP contribution in [0.3, 0.4) is 0 Å². The van der Waals surface area contributed by atoms with Gasteiger partial charge in [-0.05, 0) is 30.7 Å². The van der Waals surface area contributed by atoms with Crippen molar-refractivity contribution in [1.29, 1.82) is 0 Å². The average Bonchev–Trinajstić information content (AvgIpc) is 2.55. The predicted octanol–water partition coefficient (Wildman–Crippen LogP) is 3.31. The Morgan fingerprint density at radius 1 is 1.05 bits per heavy atom. The average molecular weight is 304 g/mol. The van der Waals surface area contributed by atoms with E-state index in [1.54, 1.807) is 6.92 Å². The van der Waals surface area contributed by atoms with E-state index in [0.717, 1.165) is 45.0 Å². The fourth-order valence-corrected chi connectivity index (χ4v) is 2.75. The molecule has 1 heterocycles. The summed E-state index contributed by atoms with van der Waals surface area (Å²) >= 11 is 0. The number of anilines is 1. The number of nitrogens with zero attached hydrogens (tertiary/aromatic N) is 2. The van der Waals surface area contributed by atoms with Gasteiger partial charge in [0.05, 0.1) is 6.61 Å². The topological polar surface area (TPSA) is 32.8 Å². The van der Waals surface area contributed by atoms with Gasteiger partial charge >= 0.3 is 0 Å². The van der Waals surface area contributed by atoms with Gasteiger partial charge in [0, 0.05) is 38.8 Å². The van der Waals surface area contributed by atoms with E-state index in [0.29, 0.717) is 0 Å². The molecule has 22 heavy (non-hydrogen) atoms. The van der Waals surface area contributed by atoms with E-state index in [9.17, 15) is 4.79 Å². The van der Waals surface area contributed by atoms with Crippen LogP contribution in [-0.2, 0) is 4.79 Å². The quantitative estimate of drug-likeness (QED) is 0.725. The molecule has 0 spiro atoms. The lowest BCUT2D eigenvalue weighted by Gasteiger charge is -2.35. The number of hydrogen-bond donors (Lipinski definition) is 0. The van der Waals surface area contributed by atoms with Gasteiger partial charge in [-0.3, -0.25) is 4.79 Å². The Kier molecular flexibility index (Phi) is 6.56. The number of hydrogen-bond acceptors (Lipinski definition) is 3. The molecule has 1 fully saturated rings. The molecule has 1 aliphatic heterocycles. The zero-order chi connectivity index (χ0) is 15.8. The normalized spacial score (nSPS) is 15.0. The van der Waals surface area contributed by atoms with Crippen molar-refractivity contribution in [2.45, 2.75) is 39.5 Å². The van der Waals surface area contributed by atoms with Crippen LogP contribution in [0, 0.1) is 0 Å². The molecule has 0 saturated carbocycles. The summed E-state index contributed by atoms with van der Waals surface area (Å²) in [5, 5.41) is 0. The lowest BCUT2D eigenvalue weighted by atomic mass is 10.2. The first-order valence-corrected chi connectivity index (χ1v) is 8.44. The first-order valence-electron chi connectivity index (χ1n) is 8.44. The van der Waals surface area contributed by atoms with Gasteiger partial charge in [0.2, 0.25) is 5.91 Å². The SMILES string of the molecule is CCCCCCOc1ccc(N2CCN(C(C)=O)CC2)cc1. The molecule has 0 N–H and O–H groups in total. The van der Waals surface area contributed by atoms with E-state index in [-0.39, 0.29) is 5.91 Å². The Morgan fingerprint density at radius 3 is 2.32 bits per heavy atom. The summed E-state index contributed by atoms with van der Waals surface area (Å²) < 4.78 is 5.77. The molecule has 2 rings (SSSR count). The summed E-state index contributed by atoms with van der Waals surface area (Å²) in [6.45, 7) is 8.08. The van der Waals surface area contributed by atoms with Gasteiger partial charge in [-0.1, -0.05) is 26.2 Å². The molecule has 122 valence electrons. The molecule has 0 aromatic heterocycles. The number of ether oxygens (including phenoxy) is 1. The van der Waals surface area contributed by atoms with Crippen LogP contribution < -0.4 is 9.64 Å². The fraction of sp³-hybridized carbons (Fsp3) is 0.611.